The van der Waals surface area contributed by atoms with Crippen LogP contribution < -0.4 is 5.73 Å². The molecule has 90 valence electrons. The summed E-state index contributed by atoms with van der Waals surface area (Å²) >= 11 is 0. The minimum atomic E-state index is 0.343. The number of nitrogens with two attached hydrogens (primary N) is 1. The molecule has 4 nitrogen and oxygen atoms in total. The van der Waals surface area contributed by atoms with Gasteiger partial charge in [0.25, 0.3) is 0 Å². The van der Waals surface area contributed by atoms with E-state index >= 15 is 0 Å². The molecule has 2 atom stereocenters. The minimum absolute atomic E-state index is 0.343. The van der Waals surface area contributed by atoms with E-state index in [0.29, 0.717) is 18.6 Å². The maximum atomic E-state index is 6.00. The highest BCUT2D eigenvalue weighted by Crippen LogP contribution is 2.31. The third kappa shape index (κ3) is 2.44. The largest absolute Gasteiger partial charge is 0.378 e. The second-order valence-corrected chi connectivity index (χ2v) is 4.75. The van der Waals surface area contributed by atoms with Crippen molar-refractivity contribution in [3.8, 4) is 0 Å². The maximum absolute atomic E-state index is 6.00. The van der Waals surface area contributed by atoms with Crippen molar-refractivity contribution in [2.75, 3.05) is 7.11 Å². The lowest BCUT2D eigenvalue weighted by Crippen LogP contribution is -2.27. The van der Waals surface area contributed by atoms with Gasteiger partial charge in [0.1, 0.15) is 5.82 Å². The Kier molecular flexibility index (Phi) is 3.61. The predicted octanol–water partition coefficient (Wildman–Crippen LogP) is 1.85. The van der Waals surface area contributed by atoms with Crippen molar-refractivity contribution in [2.45, 2.75) is 51.2 Å². The van der Waals surface area contributed by atoms with E-state index in [-0.39, 0.29) is 0 Å². The summed E-state index contributed by atoms with van der Waals surface area (Å²) in [7, 11) is 1.70. The van der Waals surface area contributed by atoms with E-state index < -0.39 is 0 Å². The first kappa shape index (κ1) is 11.6. The highest BCUT2D eigenvalue weighted by atomic mass is 16.5. The van der Waals surface area contributed by atoms with Gasteiger partial charge in [-0.15, -0.1) is 0 Å². The lowest BCUT2D eigenvalue weighted by Gasteiger charge is -2.24. The lowest BCUT2D eigenvalue weighted by atomic mass is 9.86. The molecular weight excluding hydrogens is 202 g/mol. The van der Waals surface area contributed by atoms with Crippen LogP contribution in [0.5, 0.6) is 0 Å². The minimum Gasteiger partial charge on any atom is -0.378 e. The van der Waals surface area contributed by atoms with Gasteiger partial charge in [-0.1, -0.05) is 6.42 Å². The number of aromatic amines is 1. The lowest BCUT2D eigenvalue weighted by molar-refractivity contribution is 0.181. The predicted molar refractivity (Wildman–Crippen MR) is 63.2 cm³/mol. The number of hydrogen-bond donors (Lipinski definition) is 2. The summed E-state index contributed by atoms with van der Waals surface area (Å²) in [4.78, 5) is 7.99. The standard InChI is InChI=1S/C12H21N3O/c1-8-11(7-16-2)15-12(14-8)9-4-3-5-10(13)6-9/h9-10H,3-7,13H2,1-2H3,(H,14,15). The zero-order valence-electron chi connectivity index (χ0n) is 10.1. The molecule has 1 heterocycles. The van der Waals surface area contributed by atoms with Crippen molar-refractivity contribution >= 4 is 0 Å². The third-order valence-electron chi connectivity index (χ3n) is 3.39. The molecule has 16 heavy (non-hydrogen) atoms. The molecule has 0 aliphatic heterocycles. The van der Waals surface area contributed by atoms with E-state index in [1.54, 1.807) is 7.11 Å². The number of imidazole rings is 1. The fourth-order valence-electron chi connectivity index (χ4n) is 2.47. The van der Waals surface area contributed by atoms with Gasteiger partial charge in [-0.3, -0.25) is 0 Å². The first-order valence-corrected chi connectivity index (χ1v) is 6.00. The average molecular weight is 223 g/mol. The molecule has 0 radical (unpaired) electrons. The summed E-state index contributed by atoms with van der Waals surface area (Å²) in [5.41, 5.74) is 8.15. The zero-order chi connectivity index (χ0) is 11.5. The second-order valence-electron chi connectivity index (χ2n) is 4.75. The molecule has 1 aliphatic rings. The van der Waals surface area contributed by atoms with E-state index in [4.69, 9.17) is 10.5 Å². The second kappa shape index (κ2) is 4.97. The number of H-pyrrole nitrogens is 1. The summed E-state index contributed by atoms with van der Waals surface area (Å²) in [6.07, 6.45) is 4.62. The fraction of sp³-hybridized carbons (Fsp3) is 0.750. The Morgan fingerprint density at radius 1 is 1.50 bits per heavy atom. The SMILES string of the molecule is COCc1nc(C2CCCC(N)C2)[nH]c1C. The fourth-order valence-corrected chi connectivity index (χ4v) is 2.47. The third-order valence-corrected chi connectivity index (χ3v) is 3.39. The molecule has 4 heteroatoms. The first-order valence-electron chi connectivity index (χ1n) is 6.00. The van der Waals surface area contributed by atoms with E-state index in [9.17, 15) is 0 Å². The van der Waals surface area contributed by atoms with Gasteiger partial charge < -0.3 is 15.5 Å². The Balaban J connectivity index is 2.10. The maximum Gasteiger partial charge on any atom is 0.109 e. The van der Waals surface area contributed by atoms with Crippen LogP contribution in [0.15, 0.2) is 0 Å². The van der Waals surface area contributed by atoms with Crippen molar-refractivity contribution in [1.82, 2.24) is 9.97 Å². The Bertz CT molecular complexity index is 348. The summed E-state index contributed by atoms with van der Waals surface area (Å²) in [6.45, 7) is 2.63. The monoisotopic (exact) mass is 223 g/mol. The number of hydrogen-bond acceptors (Lipinski definition) is 3. The van der Waals surface area contributed by atoms with Crippen LogP contribution in [0, 0.1) is 6.92 Å². The summed E-state index contributed by atoms with van der Waals surface area (Å²) in [5.74, 6) is 1.60. The van der Waals surface area contributed by atoms with Crippen LogP contribution in [0.25, 0.3) is 0 Å². The molecule has 0 saturated heterocycles. The summed E-state index contributed by atoms with van der Waals surface area (Å²) in [5, 5.41) is 0. The molecule has 2 unspecified atom stereocenters. The summed E-state index contributed by atoms with van der Waals surface area (Å²) < 4.78 is 5.12. The molecule has 1 aromatic rings. The smallest absolute Gasteiger partial charge is 0.109 e. The van der Waals surface area contributed by atoms with Gasteiger partial charge in [0.05, 0.1) is 12.3 Å². The molecule has 1 fully saturated rings. The molecule has 0 aromatic carbocycles. The number of aryl methyl sites for hydroxylation is 1. The van der Waals surface area contributed by atoms with Gasteiger partial charge in [-0.2, -0.15) is 0 Å². The Morgan fingerprint density at radius 2 is 2.31 bits per heavy atom. The quantitative estimate of drug-likeness (QED) is 0.822. The van der Waals surface area contributed by atoms with Gasteiger partial charge in [-0.05, 0) is 26.2 Å². The van der Waals surface area contributed by atoms with Crippen molar-refractivity contribution in [1.29, 1.82) is 0 Å². The van der Waals surface area contributed by atoms with Crippen LogP contribution in [-0.4, -0.2) is 23.1 Å². The molecule has 0 amide bonds. The molecule has 0 spiro atoms. The highest BCUT2D eigenvalue weighted by molar-refractivity contribution is 5.15. The van der Waals surface area contributed by atoms with Crippen molar-refractivity contribution in [3.05, 3.63) is 17.2 Å². The van der Waals surface area contributed by atoms with Crippen LogP contribution >= 0.6 is 0 Å². The molecular formula is C12H21N3O. The topological polar surface area (TPSA) is 63.9 Å². The number of methoxy groups -OCH3 is 1. The Hall–Kier alpha value is -0.870. The number of rotatable bonds is 3. The van der Waals surface area contributed by atoms with Gasteiger partial charge in [0.2, 0.25) is 0 Å². The van der Waals surface area contributed by atoms with Crippen LogP contribution in [0.3, 0.4) is 0 Å². The summed E-state index contributed by atoms with van der Waals surface area (Å²) in [6, 6.07) is 0.343. The van der Waals surface area contributed by atoms with E-state index in [0.717, 1.165) is 30.1 Å². The van der Waals surface area contributed by atoms with Crippen molar-refractivity contribution < 1.29 is 4.74 Å². The van der Waals surface area contributed by atoms with Crippen molar-refractivity contribution in [3.63, 3.8) is 0 Å². The number of nitrogens with zero attached hydrogens (tertiary/aromatic N) is 1. The molecule has 0 bridgehead atoms. The Morgan fingerprint density at radius 3 is 3.00 bits per heavy atom. The first-order chi connectivity index (χ1) is 7.70. The van der Waals surface area contributed by atoms with Crippen LogP contribution in [0.1, 0.15) is 48.8 Å². The Labute approximate surface area is 96.6 Å². The number of ether oxygens (including phenoxy) is 1. The van der Waals surface area contributed by atoms with Gasteiger partial charge in [-0.25, -0.2) is 4.98 Å². The van der Waals surface area contributed by atoms with Crippen LogP contribution in [-0.2, 0) is 11.3 Å². The molecule has 1 aromatic heterocycles. The van der Waals surface area contributed by atoms with Crippen LogP contribution in [0.4, 0.5) is 0 Å². The highest BCUT2D eigenvalue weighted by Gasteiger charge is 2.23. The van der Waals surface area contributed by atoms with Crippen LogP contribution in [0.2, 0.25) is 0 Å². The molecule has 1 aliphatic carbocycles. The molecule has 1 saturated carbocycles. The zero-order valence-corrected chi connectivity index (χ0v) is 10.1. The van der Waals surface area contributed by atoms with E-state index in [2.05, 4.69) is 9.97 Å². The normalized spacial score (nSPS) is 25.9. The number of aromatic nitrogens is 2. The van der Waals surface area contributed by atoms with E-state index in [1.807, 2.05) is 6.92 Å². The van der Waals surface area contributed by atoms with Crippen molar-refractivity contribution in [2.24, 2.45) is 5.73 Å². The molecule has 3 N–H and O–H groups in total. The van der Waals surface area contributed by atoms with Gasteiger partial charge in [0, 0.05) is 24.8 Å². The molecule has 2 rings (SSSR count). The number of nitrogens with one attached hydrogen (secondary N) is 1. The average Bonchev–Trinajstić information content (AvgIpc) is 2.61. The van der Waals surface area contributed by atoms with E-state index in [1.165, 1.54) is 12.8 Å². The van der Waals surface area contributed by atoms with Gasteiger partial charge >= 0.3 is 0 Å². The van der Waals surface area contributed by atoms with Gasteiger partial charge in [0.15, 0.2) is 0 Å².